The van der Waals surface area contributed by atoms with Gasteiger partial charge < -0.3 is 10.2 Å². The van der Waals surface area contributed by atoms with Gasteiger partial charge in [-0.1, -0.05) is 26.0 Å². The van der Waals surface area contributed by atoms with Crippen molar-refractivity contribution in [1.29, 1.82) is 0 Å². The number of benzene rings is 1. The molecule has 0 unspecified atom stereocenters. The second kappa shape index (κ2) is 10.8. The standard InChI is InChI=1S/C22H29N3O2S2/c1-17(2)29-20-5-3-18(4-6-20)15-21(26)23-8-9-24-10-12-25(13-11-24)22(27)19-7-14-28-16-19/h3-7,14,16-17H,8-13,15H2,1-2H3,(H,23,26). The normalized spacial score (nSPS) is 14.9. The Morgan fingerprint density at radius 1 is 1.10 bits per heavy atom. The SMILES string of the molecule is CC(C)Sc1ccc(CC(=O)NCCN2CCN(C(=O)c3ccsc3)CC2)cc1. The van der Waals surface area contributed by atoms with Gasteiger partial charge in [0.25, 0.3) is 5.91 Å². The fraction of sp³-hybridized carbons (Fsp3) is 0.455. The highest BCUT2D eigenvalue weighted by Gasteiger charge is 2.22. The lowest BCUT2D eigenvalue weighted by atomic mass is 10.1. The molecule has 1 saturated heterocycles. The van der Waals surface area contributed by atoms with E-state index in [1.807, 2.05) is 45.6 Å². The van der Waals surface area contributed by atoms with Crippen molar-refractivity contribution in [1.82, 2.24) is 15.1 Å². The van der Waals surface area contributed by atoms with Crippen LogP contribution in [0.3, 0.4) is 0 Å². The molecule has 1 aromatic carbocycles. The molecule has 5 nitrogen and oxygen atoms in total. The van der Waals surface area contributed by atoms with E-state index < -0.39 is 0 Å². The summed E-state index contributed by atoms with van der Waals surface area (Å²) in [6, 6.07) is 10.1. The number of thioether (sulfide) groups is 1. The topological polar surface area (TPSA) is 52.7 Å². The molecule has 0 aliphatic carbocycles. The lowest BCUT2D eigenvalue weighted by molar-refractivity contribution is -0.120. The molecule has 0 radical (unpaired) electrons. The molecule has 0 spiro atoms. The van der Waals surface area contributed by atoms with Crippen molar-refractivity contribution >= 4 is 34.9 Å². The van der Waals surface area contributed by atoms with Crippen molar-refractivity contribution in [3.05, 3.63) is 52.2 Å². The van der Waals surface area contributed by atoms with E-state index in [9.17, 15) is 9.59 Å². The van der Waals surface area contributed by atoms with Crippen molar-refractivity contribution in [3.8, 4) is 0 Å². The summed E-state index contributed by atoms with van der Waals surface area (Å²) in [5.74, 6) is 0.178. The Morgan fingerprint density at radius 2 is 1.83 bits per heavy atom. The van der Waals surface area contributed by atoms with Crippen LogP contribution >= 0.6 is 23.1 Å². The molecule has 2 amide bonds. The fourth-order valence-corrected chi connectivity index (χ4v) is 4.77. The van der Waals surface area contributed by atoms with Crippen LogP contribution in [0.25, 0.3) is 0 Å². The van der Waals surface area contributed by atoms with Crippen LogP contribution in [0.15, 0.2) is 46.0 Å². The molecule has 1 aromatic heterocycles. The molecule has 1 aliphatic heterocycles. The zero-order chi connectivity index (χ0) is 20.6. The molecule has 1 N–H and O–H groups in total. The van der Waals surface area contributed by atoms with Crippen LogP contribution in [-0.2, 0) is 11.2 Å². The van der Waals surface area contributed by atoms with Gasteiger partial charge in [-0.15, -0.1) is 11.8 Å². The van der Waals surface area contributed by atoms with Gasteiger partial charge in [-0.3, -0.25) is 14.5 Å². The zero-order valence-electron chi connectivity index (χ0n) is 17.1. The number of carbonyl (C=O) groups is 2. The van der Waals surface area contributed by atoms with E-state index in [4.69, 9.17) is 0 Å². The van der Waals surface area contributed by atoms with Crippen LogP contribution in [0.5, 0.6) is 0 Å². The van der Waals surface area contributed by atoms with Crippen LogP contribution in [-0.4, -0.2) is 66.1 Å². The summed E-state index contributed by atoms with van der Waals surface area (Å²) in [6.07, 6.45) is 0.412. The van der Waals surface area contributed by atoms with E-state index in [-0.39, 0.29) is 11.8 Å². The Bertz CT molecular complexity index is 783. The first kappa shape index (κ1) is 21.9. The number of carbonyl (C=O) groups excluding carboxylic acids is 2. The molecule has 156 valence electrons. The smallest absolute Gasteiger partial charge is 0.254 e. The lowest BCUT2D eigenvalue weighted by Crippen LogP contribution is -2.50. The minimum Gasteiger partial charge on any atom is -0.355 e. The summed E-state index contributed by atoms with van der Waals surface area (Å²) in [4.78, 5) is 30.0. The highest BCUT2D eigenvalue weighted by Crippen LogP contribution is 2.23. The number of nitrogens with one attached hydrogen (secondary N) is 1. The van der Waals surface area contributed by atoms with E-state index in [1.165, 1.54) is 4.90 Å². The fourth-order valence-electron chi connectivity index (χ4n) is 3.30. The predicted molar refractivity (Wildman–Crippen MR) is 121 cm³/mol. The molecule has 0 saturated carbocycles. The maximum Gasteiger partial charge on any atom is 0.254 e. The molecule has 2 aromatic rings. The second-order valence-corrected chi connectivity index (χ2v) is 9.91. The molecule has 0 atom stereocenters. The van der Waals surface area contributed by atoms with Gasteiger partial charge >= 0.3 is 0 Å². The van der Waals surface area contributed by atoms with Crippen LogP contribution in [0.1, 0.15) is 29.8 Å². The molecule has 1 fully saturated rings. The first-order chi connectivity index (χ1) is 14.0. The molecule has 7 heteroatoms. The molecule has 0 bridgehead atoms. The van der Waals surface area contributed by atoms with Gasteiger partial charge in [-0.2, -0.15) is 11.3 Å². The van der Waals surface area contributed by atoms with Crippen molar-refractivity contribution in [2.75, 3.05) is 39.3 Å². The molecule has 2 heterocycles. The first-order valence-corrected chi connectivity index (χ1v) is 11.9. The van der Waals surface area contributed by atoms with Gasteiger partial charge in [0.2, 0.25) is 5.91 Å². The Balaban J connectivity index is 1.33. The maximum atomic E-state index is 12.4. The van der Waals surface area contributed by atoms with Crippen LogP contribution in [0, 0.1) is 0 Å². The summed E-state index contributed by atoms with van der Waals surface area (Å²) in [5.41, 5.74) is 1.82. The van der Waals surface area contributed by atoms with E-state index in [0.717, 1.165) is 43.9 Å². The van der Waals surface area contributed by atoms with E-state index in [2.05, 4.69) is 36.2 Å². The summed E-state index contributed by atoms with van der Waals surface area (Å²) < 4.78 is 0. The molecular formula is C22H29N3O2S2. The number of amides is 2. The van der Waals surface area contributed by atoms with E-state index in [1.54, 1.807) is 11.3 Å². The third kappa shape index (κ3) is 6.87. The monoisotopic (exact) mass is 431 g/mol. The quantitative estimate of drug-likeness (QED) is 0.651. The number of thiophene rings is 1. The van der Waals surface area contributed by atoms with Gasteiger partial charge in [0, 0.05) is 54.8 Å². The van der Waals surface area contributed by atoms with Gasteiger partial charge in [-0.05, 0) is 29.1 Å². The van der Waals surface area contributed by atoms with Gasteiger partial charge in [0.1, 0.15) is 0 Å². The Kier molecular flexibility index (Phi) is 8.15. The van der Waals surface area contributed by atoms with E-state index in [0.29, 0.717) is 18.2 Å². The Morgan fingerprint density at radius 3 is 2.45 bits per heavy atom. The molecular weight excluding hydrogens is 402 g/mol. The summed E-state index contributed by atoms with van der Waals surface area (Å²) in [6.45, 7) is 8.98. The molecule has 3 rings (SSSR count). The molecule has 1 aliphatic rings. The maximum absolute atomic E-state index is 12.4. The summed E-state index contributed by atoms with van der Waals surface area (Å²) >= 11 is 3.38. The van der Waals surface area contributed by atoms with Crippen molar-refractivity contribution in [2.45, 2.75) is 30.4 Å². The number of rotatable bonds is 8. The predicted octanol–water partition coefficient (Wildman–Crippen LogP) is 3.37. The summed E-state index contributed by atoms with van der Waals surface area (Å²) in [5, 5.41) is 7.41. The Hall–Kier alpha value is -1.83. The number of nitrogens with zero attached hydrogens (tertiary/aromatic N) is 2. The molecule has 29 heavy (non-hydrogen) atoms. The van der Waals surface area contributed by atoms with Crippen LogP contribution in [0.2, 0.25) is 0 Å². The van der Waals surface area contributed by atoms with Crippen molar-refractivity contribution in [2.24, 2.45) is 0 Å². The lowest BCUT2D eigenvalue weighted by Gasteiger charge is -2.34. The second-order valence-electron chi connectivity index (χ2n) is 7.48. The minimum atomic E-state index is 0.0561. The summed E-state index contributed by atoms with van der Waals surface area (Å²) in [7, 11) is 0. The highest BCUT2D eigenvalue weighted by atomic mass is 32.2. The average molecular weight is 432 g/mol. The van der Waals surface area contributed by atoms with Gasteiger partial charge in [0.05, 0.1) is 12.0 Å². The third-order valence-electron chi connectivity index (χ3n) is 4.84. The first-order valence-electron chi connectivity index (χ1n) is 10.1. The van der Waals surface area contributed by atoms with Crippen LogP contribution in [0.4, 0.5) is 0 Å². The van der Waals surface area contributed by atoms with Crippen LogP contribution < -0.4 is 5.32 Å². The number of piperazine rings is 1. The number of hydrogen-bond donors (Lipinski definition) is 1. The van der Waals surface area contributed by atoms with Crippen molar-refractivity contribution < 1.29 is 9.59 Å². The average Bonchev–Trinajstić information content (AvgIpc) is 3.24. The third-order valence-corrected chi connectivity index (χ3v) is 6.54. The van der Waals surface area contributed by atoms with Gasteiger partial charge in [0.15, 0.2) is 0 Å². The van der Waals surface area contributed by atoms with E-state index >= 15 is 0 Å². The Labute approximate surface area is 181 Å². The minimum absolute atomic E-state index is 0.0561. The largest absolute Gasteiger partial charge is 0.355 e. The number of hydrogen-bond acceptors (Lipinski definition) is 5. The van der Waals surface area contributed by atoms with Gasteiger partial charge in [-0.25, -0.2) is 0 Å². The van der Waals surface area contributed by atoms with Crippen molar-refractivity contribution in [3.63, 3.8) is 0 Å². The highest BCUT2D eigenvalue weighted by molar-refractivity contribution is 7.99. The zero-order valence-corrected chi connectivity index (χ0v) is 18.7.